The second-order valence-corrected chi connectivity index (χ2v) is 2.25. The maximum Gasteiger partial charge on any atom is 0.341 e. The molecule has 0 aromatic heterocycles. The Morgan fingerprint density at radius 3 is 1.36 bits per heavy atom. The minimum absolute atomic E-state index is 1.86. The molecule has 0 aliphatic rings. The average molecular weight is 212 g/mol. The largest absolute Gasteiger partial charge is 0.477 e. The van der Waals surface area contributed by atoms with Crippen LogP contribution in [0.15, 0.2) is 0 Å². The standard InChI is InChI=1S/C7HF5O2/c8-2-1(7(13)14)3(9)5(11)6(12)4(2)10/h(H,13,14). The molecule has 0 heterocycles. The lowest BCUT2D eigenvalue weighted by atomic mass is 10.1. The zero-order valence-corrected chi connectivity index (χ0v) is 6.25. The van der Waals surface area contributed by atoms with E-state index in [1.54, 1.807) is 0 Å². The van der Waals surface area contributed by atoms with Crippen molar-refractivity contribution >= 4 is 5.97 Å². The summed E-state index contributed by atoms with van der Waals surface area (Å²) in [5.74, 6) is -13.9. The van der Waals surface area contributed by atoms with Gasteiger partial charge in [-0.15, -0.1) is 0 Å². The highest BCUT2D eigenvalue weighted by Gasteiger charge is 2.29. The van der Waals surface area contributed by atoms with Gasteiger partial charge in [-0.2, -0.15) is 0 Å². The molecule has 0 radical (unpaired) electrons. The molecule has 0 saturated carbocycles. The van der Waals surface area contributed by atoms with Gasteiger partial charge in [0.2, 0.25) is 5.82 Å². The van der Waals surface area contributed by atoms with Crippen LogP contribution >= 0.6 is 0 Å². The Bertz CT molecular complexity index is 386. The Hall–Kier alpha value is -1.66. The Kier molecular flexibility index (Phi) is 2.41. The van der Waals surface area contributed by atoms with E-state index in [4.69, 9.17) is 5.11 Å². The van der Waals surface area contributed by atoms with Crippen LogP contribution in [0.25, 0.3) is 0 Å². The smallest absolute Gasteiger partial charge is 0.341 e. The van der Waals surface area contributed by atoms with Crippen LogP contribution in [0.3, 0.4) is 0 Å². The molecule has 0 unspecified atom stereocenters. The molecule has 0 saturated heterocycles. The van der Waals surface area contributed by atoms with E-state index in [9.17, 15) is 26.7 Å². The first-order chi connectivity index (χ1) is 6.37. The lowest BCUT2D eigenvalue weighted by Crippen LogP contribution is -2.11. The summed E-state index contributed by atoms with van der Waals surface area (Å²) in [7, 11) is 0. The molecule has 0 fully saturated rings. The van der Waals surface area contributed by atoms with Crippen molar-refractivity contribution in [3.8, 4) is 0 Å². The van der Waals surface area contributed by atoms with Gasteiger partial charge in [0.1, 0.15) is 5.56 Å². The normalized spacial score (nSPS) is 10.4. The second-order valence-electron chi connectivity index (χ2n) is 2.25. The monoisotopic (exact) mass is 212 g/mol. The summed E-state index contributed by atoms with van der Waals surface area (Å²) in [5, 5.41) is 8.15. The zero-order valence-electron chi connectivity index (χ0n) is 6.25. The third-order valence-electron chi connectivity index (χ3n) is 1.42. The molecule has 1 aromatic carbocycles. The highest BCUT2D eigenvalue weighted by Crippen LogP contribution is 2.22. The van der Waals surface area contributed by atoms with Crippen molar-refractivity contribution in [1.29, 1.82) is 0 Å². The van der Waals surface area contributed by atoms with Crippen LogP contribution in [-0.2, 0) is 0 Å². The summed E-state index contributed by atoms with van der Waals surface area (Å²) >= 11 is 0. The van der Waals surface area contributed by atoms with E-state index in [1.807, 2.05) is 0 Å². The molecule has 0 aliphatic carbocycles. The first-order valence-electron chi connectivity index (χ1n) is 3.12. The number of benzene rings is 1. The van der Waals surface area contributed by atoms with E-state index in [-0.39, 0.29) is 0 Å². The Morgan fingerprint density at radius 2 is 1.07 bits per heavy atom. The van der Waals surface area contributed by atoms with Gasteiger partial charge in [0.15, 0.2) is 23.3 Å². The number of halogens is 5. The van der Waals surface area contributed by atoms with Crippen molar-refractivity contribution in [2.24, 2.45) is 0 Å². The Labute approximate surface area is 73.6 Å². The summed E-state index contributed by atoms with van der Waals surface area (Å²) < 4.78 is 62.1. The van der Waals surface area contributed by atoms with Gasteiger partial charge in [0, 0.05) is 0 Å². The van der Waals surface area contributed by atoms with Crippen LogP contribution in [-0.4, -0.2) is 11.1 Å². The molecule has 7 heteroatoms. The van der Waals surface area contributed by atoms with Gasteiger partial charge in [0.05, 0.1) is 0 Å². The van der Waals surface area contributed by atoms with Crippen LogP contribution in [0.4, 0.5) is 22.0 Å². The number of carbonyl (C=O) groups is 1. The number of aromatic carboxylic acids is 1. The first kappa shape index (κ1) is 10.4. The number of hydrogen-bond acceptors (Lipinski definition) is 1. The Balaban J connectivity index is 3.68. The summed E-state index contributed by atoms with van der Waals surface area (Å²) in [5.41, 5.74) is -1.86. The van der Waals surface area contributed by atoms with Crippen molar-refractivity contribution in [3.63, 3.8) is 0 Å². The molecule has 0 atom stereocenters. The van der Waals surface area contributed by atoms with Crippen LogP contribution in [0, 0.1) is 29.1 Å². The molecule has 14 heavy (non-hydrogen) atoms. The van der Waals surface area contributed by atoms with Gasteiger partial charge < -0.3 is 5.11 Å². The number of carboxylic acids is 1. The van der Waals surface area contributed by atoms with Crippen LogP contribution in [0.2, 0.25) is 0 Å². The maximum absolute atomic E-state index is 12.6. The van der Waals surface area contributed by atoms with E-state index in [2.05, 4.69) is 0 Å². The molecule has 0 amide bonds. The highest BCUT2D eigenvalue weighted by atomic mass is 19.2. The van der Waals surface area contributed by atoms with E-state index in [0.29, 0.717) is 0 Å². The van der Waals surface area contributed by atoms with E-state index in [1.165, 1.54) is 0 Å². The third kappa shape index (κ3) is 1.30. The van der Waals surface area contributed by atoms with Crippen molar-refractivity contribution in [3.05, 3.63) is 34.6 Å². The van der Waals surface area contributed by atoms with E-state index in [0.717, 1.165) is 0 Å². The van der Waals surface area contributed by atoms with Gasteiger partial charge in [0.25, 0.3) is 0 Å². The van der Waals surface area contributed by atoms with Crippen molar-refractivity contribution < 1.29 is 31.9 Å². The molecule has 0 aliphatic heterocycles. The molecule has 2 nitrogen and oxygen atoms in total. The molecular formula is C7HF5O2. The third-order valence-corrected chi connectivity index (χ3v) is 1.42. The first-order valence-corrected chi connectivity index (χ1v) is 3.12. The van der Waals surface area contributed by atoms with Crippen LogP contribution < -0.4 is 0 Å². The number of carboxylic acid groups (broad SMARTS) is 1. The minimum Gasteiger partial charge on any atom is -0.477 e. The van der Waals surface area contributed by atoms with Gasteiger partial charge >= 0.3 is 5.97 Å². The topological polar surface area (TPSA) is 37.3 Å². The molecular weight excluding hydrogens is 211 g/mol. The predicted octanol–water partition coefficient (Wildman–Crippen LogP) is 2.08. The molecule has 0 spiro atoms. The Morgan fingerprint density at radius 1 is 0.786 bits per heavy atom. The van der Waals surface area contributed by atoms with Crippen molar-refractivity contribution in [1.82, 2.24) is 0 Å². The van der Waals surface area contributed by atoms with E-state index >= 15 is 0 Å². The van der Waals surface area contributed by atoms with Gasteiger partial charge in [-0.05, 0) is 0 Å². The minimum atomic E-state index is -2.38. The molecule has 1 aromatic rings. The fraction of sp³-hybridized carbons (Fsp3) is 0. The summed E-state index contributed by atoms with van der Waals surface area (Å²) in [6.45, 7) is 0. The fourth-order valence-corrected chi connectivity index (χ4v) is 0.793. The fourth-order valence-electron chi connectivity index (χ4n) is 0.793. The molecule has 1 N–H and O–H groups in total. The van der Waals surface area contributed by atoms with Crippen molar-refractivity contribution in [2.45, 2.75) is 0 Å². The summed E-state index contributed by atoms with van der Waals surface area (Å²) in [6.07, 6.45) is 0. The second kappa shape index (κ2) is 3.24. The van der Waals surface area contributed by atoms with Gasteiger partial charge in [-0.25, -0.2) is 26.7 Å². The summed E-state index contributed by atoms with van der Waals surface area (Å²) in [4.78, 5) is 10.1. The zero-order chi connectivity index (χ0) is 11.0. The lowest BCUT2D eigenvalue weighted by Gasteiger charge is -2.03. The predicted molar refractivity (Wildman–Crippen MR) is 33.2 cm³/mol. The van der Waals surface area contributed by atoms with Crippen LogP contribution in [0.5, 0.6) is 0 Å². The summed E-state index contributed by atoms with van der Waals surface area (Å²) in [6, 6.07) is 0. The van der Waals surface area contributed by atoms with Crippen molar-refractivity contribution in [2.75, 3.05) is 0 Å². The van der Waals surface area contributed by atoms with Gasteiger partial charge in [-0.1, -0.05) is 0 Å². The molecule has 1 rings (SSSR count). The number of hydrogen-bond donors (Lipinski definition) is 1. The maximum atomic E-state index is 12.6. The highest BCUT2D eigenvalue weighted by molar-refractivity contribution is 5.88. The van der Waals surface area contributed by atoms with E-state index < -0.39 is 40.6 Å². The molecule has 0 bridgehead atoms. The van der Waals surface area contributed by atoms with Gasteiger partial charge in [-0.3, -0.25) is 0 Å². The molecule has 76 valence electrons. The number of rotatable bonds is 1. The van der Waals surface area contributed by atoms with Crippen LogP contribution in [0.1, 0.15) is 10.4 Å². The quantitative estimate of drug-likeness (QED) is 0.439. The lowest BCUT2D eigenvalue weighted by molar-refractivity contribution is 0.0682. The SMILES string of the molecule is O=C(O)c1c(F)c(F)c(F)c(F)c1F. The average Bonchev–Trinajstić information content (AvgIpc) is 2.11.